The van der Waals surface area contributed by atoms with Crippen LogP contribution in [0.3, 0.4) is 0 Å². The smallest absolute Gasteiger partial charge is 0.213 e. The van der Waals surface area contributed by atoms with Crippen LogP contribution in [0.15, 0.2) is 18.2 Å². The van der Waals surface area contributed by atoms with E-state index >= 15 is 0 Å². The van der Waals surface area contributed by atoms with Crippen LogP contribution < -0.4 is 4.74 Å². The first kappa shape index (κ1) is 12.8. The maximum absolute atomic E-state index is 5.15. The largest absolute Gasteiger partial charge is 0.481 e. The first-order chi connectivity index (χ1) is 8.31. The molecule has 1 saturated heterocycles. The molecule has 1 fully saturated rings. The number of aromatic nitrogens is 1. The van der Waals surface area contributed by atoms with Crippen LogP contribution in [0, 0.1) is 5.92 Å². The lowest BCUT2D eigenvalue weighted by Gasteiger charge is -2.31. The summed E-state index contributed by atoms with van der Waals surface area (Å²) >= 11 is 3.58. The van der Waals surface area contributed by atoms with Crippen molar-refractivity contribution in [1.82, 2.24) is 9.88 Å². The SMILES string of the molecule is COc1cccc(CN2CCCC(CBr)C2)n1. The Morgan fingerprint density at radius 2 is 2.41 bits per heavy atom. The minimum atomic E-state index is 0.705. The summed E-state index contributed by atoms with van der Waals surface area (Å²) in [5.74, 6) is 1.49. The molecule has 1 aliphatic heterocycles. The fourth-order valence-corrected chi connectivity index (χ4v) is 2.84. The number of methoxy groups -OCH3 is 1. The summed E-state index contributed by atoms with van der Waals surface area (Å²) in [6.45, 7) is 3.28. The van der Waals surface area contributed by atoms with Gasteiger partial charge in [0.1, 0.15) is 0 Å². The van der Waals surface area contributed by atoms with Crippen molar-refractivity contribution in [2.24, 2.45) is 5.92 Å². The fourth-order valence-electron chi connectivity index (χ4n) is 2.31. The summed E-state index contributed by atoms with van der Waals surface area (Å²) in [5.41, 5.74) is 1.10. The molecule has 2 rings (SSSR count). The number of piperidine rings is 1. The van der Waals surface area contributed by atoms with Gasteiger partial charge in [-0.2, -0.15) is 0 Å². The molecule has 1 aromatic heterocycles. The van der Waals surface area contributed by atoms with Gasteiger partial charge in [0.25, 0.3) is 0 Å². The molecule has 0 saturated carbocycles. The van der Waals surface area contributed by atoms with Gasteiger partial charge in [-0.15, -0.1) is 0 Å². The van der Waals surface area contributed by atoms with Crippen molar-refractivity contribution in [2.75, 3.05) is 25.5 Å². The van der Waals surface area contributed by atoms with Gasteiger partial charge in [-0.05, 0) is 31.4 Å². The summed E-state index contributed by atoms with van der Waals surface area (Å²) in [4.78, 5) is 6.94. The van der Waals surface area contributed by atoms with Gasteiger partial charge in [0, 0.05) is 24.5 Å². The molecule has 0 N–H and O–H groups in total. The Bertz CT molecular complexity index is 359. The molecule has 0 amide bonds. The number of ether oxygens (including phenoxy) is 1. The second kappa shape index (κ2) is 6.36. The van der Waals surface area contributed by atoms with Crippen molar-refractivity contribution >= 4 is 15.9 Å². The molecule has 0 aliphatic carbocycles. The predicted molar refractivity (Wildman–Crippen MR) is 72.6 cm³/mol. The van der Waals surface area contributed by atoms with Crippen molar-refractivity contribution < 1.29 is 4.74 Å². The van der Waals surface area contributed by atoms with Crippen molar-refractivity contribution in [3.63, 3.8) is 0 Å². The number of halogens is 1. The fraction of sp³-hybridized carbons (Fsp3) is 0.615. The maximum atomic E-state index is 5.15. The van der Waals surface area contributed by atoms with E-state index in [0.717, 1.165) is 23.5 Å². The molecule has 2 heterocycles. The Hall–Kier alpha value is -0.610. The summed E-state index contributed by atoms with van der Waals surface area (Å²) in [7, 11) is 1.66. The van der Waals surface area contributed by atoms with E-state index in [0.29, 0.717) is 5.88 Å². The number of hydrogen-bond acceptors (Lipinski definition) is 3. The molecule has 4 heteroatoms. The van der Waals surface area contributed by atoms with Gasteiger partial charge in [-0.25, -0.2) is 4.98 Å². The van der Waals surface area contributed by atoms with Gasteiger partial charge in [0.2, 0.25) is 5.88 Å². The summed E-state index contributed by atoms with van der Waals surface area (Å²) in [5, 5.41) is 1.11. The predicted octanol–water partition coefficient (Wildman–Crippen LogP) is 2.70. The first-order valence-electron chi connectivity index (χ1n) is 6.10. The van der Waals surface area contributed by atoms with Gasteiger partial charge >= 0.3 is 0 Å². The van der Waals surface area contributed by atoms with Crippen molar-refractivity contribution in [3.05, 3.63) is 23.9 Å². The molecule has 1 atom stereocenters. The van der Waals surface area contributed by atoms with Crippen molar-refractivity contribution in [1.29, 1.82) is 0 Å². The van der Waals surface area contributed by atoms with Crippen LogP contribution in [-0.2, 0) is 6.54 Å². The second-order valence-corrected chi connectivity index (χ2v) is 5.22. The zero-order valence-electron chi connectivity index (χ0n) is 10.2. The van der Waals surface area contributed by atoms with Gasteiger partial charge < -0.3 is 4.74 Å². The topological polar surface area (TPSA) is 25.4 Å². The van der Waals surface area contributed by atoms with Crippen LogP contribution in [-0.4, -0.2) is 35.4 Å². The number of likely N-dealkylation sites (tertiary alicyclic amines) is 1. The Morgan fingerprint density at radius 3 is 3.18 bits per heavy atom. The Balaban J connectivity index is 1.95. The molecular weight excluding hydrogens is 280 g/mol. The van der Waals surface area contributed by atoms with Gasteiger partial charge in [0.15, 0.2) is 0 Å². The number of hydrogen-bond donors (Lipinski definition) is 0. The number of rotatable bonds is 4. The lowest BCUT2D eigenvalue weighted by molar-refractivity contribution is 0.177. The molecule has 0 bridgehead atoms. The highest BCUT2D eigenvalue weighted by Crippen LogP contribution is 2.20. The van der Waals surface area contributed by atoms with Crippen LogP contribution in [0.2, 0.25) is 0 Å². The van der Waals surface area contributed by atoms with E-state index in [2.05, 4.69) is 31.9 Å². The summed E-state index contributed by atoms with van der Waals surface area (Å²) < 4.78 is 5.15. The molecule has 0 spiro atoms. The molecule has 17 heavy (non-hydrogen) atoms. The molecule has 0 radical (unpaired) electrons. The molecule has 0 aromatic carbocycles. The zero-order chi connectivity index (χ0) is 12.1. The average Bonchev–Trinajstić information content (AvgIpc) is 2.39. The number of alkyl halides is 1. The van der Waals surface area contributed by atoms with Crippen LogP contribution in [0.25, 0.3) is 0 Å². The van der Waals surface area contributed by atoms with Crippen LogP contribution >= 0.6 is 15.9 Å². The second-order valence-electron chi connectivity index (χ2n) is 4.57. The van der Waals surface area contributed by atoms with Crippen molar-refractivity contribution in [3.8, 4) is 5.88 Å². The number of nitrogens with zero attached hydrogens (tertiary/aromatic N) is 2. The average molecular weight is 299 g/mol. The number of pyridine rings is 1. The highest BCUT2D eigenvalue weighted by atomic mass is 79.9. The molecule has 1 aliphatic rings. The van der Waals surface area contributed by atoms with Crippen LogP contribution in [0.4, 0.5) is 0 Å². The van der Waals surface area contributed by atoms with E-state index in [4.69, 9.17) is 4.74 Å². The van der Waals surface area contributed by atoms with E-state index in [1.54, 1.807) is 7.11 Å². The standard InChI is InChI=1S/C13H19BrN2O/c1-17-13-6-2-5-12(15-13)10-16-7-3-4-11(8-14)9-16/h2,5-6,11H,3-4,7-10H2,1H3. The zero-order valence-corrected chi connectivity index (χ0v) is 11.8. The quantitative estimate of drug-likeness (QED) is 0.799. The Kier molecular flexibility index (Phi) is 4.80. The molecule has 94 valence electrons. The highest BCUT2D eigenvalue weighted by molar-refractivity contribution is 9.09. The van der Waals surface area contributed by atoms with E-state index < -0.39 is 0 Å². The highest BCUT2D eigenvalue weighted by Gasteiger charge is 2.19. The molecular formula is C13H19BrN2O. The van der Waals surface area contributed by atoms with E-state index in [-0.39, 0.29) is 0 Å². The molecule has 1 aromatic rings. The lowest BCUT2D eigenvalue weighted by atomic mass is 10.0. The van der Waals surface area contributed by atoms with Gasteiger partial charge in [0.05, 0.1) is 12.8 Å². The van der Waals surface area contributed by atoms with Gasteiger partial charge in [-0.1, -0.05) is 22.0 Å². The third kappa shape index (κ3) is 3.68. The minimum absolute atomic E-state index is 0.705. The van der Waals surface area contributed by atoms with Gasteiger partial charge in [-0.3, -0.25) is 4.90 Å². The van der Waals surface area contributed by atoms with Crippen LogP contribution in [0.5, 0.6) is 5.88 Å². The molecule has 3 nitrogen and oxygen atoms in total. The monoisotopic (exact) mass is 298 g/mol. The third-order valence-electron chi connectivity index (χ3n) is 3.20. The van der Waals surface area contributed by atoms with E-state index in [9.17, 15) is 0 Å². The lowest BCUT2D eigenvalue weighted by Crippen LogP contribution is -2.35. The minimum Gasteiger partial charge on any atom is -0.481 e. The third-order valence-corrected chi connectivity index (χ3v) is 4.11. The maximum Gasteiger partial charge on any atom is 0.213 e. The normalized spacial score (nSPS) is 21.4. The Morgan fingerprint density at radius 1 is 1.53 bits per heavy atom. The summed E-state index contributed by atoms with van der Waals surface area (Å²) in [6, 6.07) is 5.97. The molecule has 1 unspecified atom stereocenters. The first-order valence-corrected chi connectivity index (χ1v) is 7.22. The van der Waals surface area contributed by atoms with E-state index in [1.807, 2.05) is 12.1 Å². The Labute approximate surface area is 111 Å². The van der Waals surface area contributed by atoms with E-state index in [1.165, 1.54) is 25.9 Å². The van der Waals surface area contributed by atoms with Crippen molar-refractivity contribution in [2.45, 2.75) is 19.4 Å². The van der Waals surface area contributed by atoms with Crippen LogP contribution in [0.1, 0.15) is 18.5 Å². The summed E-state index contributed by atoms with van der Waals surface area (Å²) in [6.07, 6.45) is 2.63.